The van der Waals surface area contributed by atoms with Crippen LogP contribution in [-0.4, -0.2) is 24.8 Å². The van der Waals surface area contributed by atoms with E-state index in [1.807, 2.05) is 41.5 Å². The number of esters is 1. The van der Waals surface area contributed by atoms with Gasteiger partial charge in [0.1, 0.15) is 0 Å². The van der Waals surface area contributed by atoms with Crippen LogP contribution in [0.1, 0.15) is 54.4 Å². The van der Waals surface area contributed by atoms with E-state index in [2.05, 4.69) is 0 Å². The van der Waals surface area contributed by atoms with Gasteiger partial charge in [0.2, 0.25) is 0 Å². The maximum Gasteiger partial charge on any atom is 0.311 e. The fourth-order valence-corrected chi connectivity index (χ4v) is 1.19. The molecule has 0 saturated heterocycles. The molecule has 3 heteroatoms. The molecular weight excluding hydrogens is 204 g/mol. The van der Waals surface area contributed by atoms with Gasteiger partial charge >= 0.3 is 5.97 Å². The average molecular weight is 230 g/mol. The minimum absolute atomic E-state index is 0.123. The fourth-order valence-electron chi connectivity index (χ4n) is 1.19. The zero-order valence-corrected chi connectivity index (χ0v) is 11.6. The molecule has 0 unspecified atom stereocenters. The molecule has 3 nitrogen and oxygen atoms in total. The lowest BCUT2D eigenvalue weighted by Crippen LogP contribution is -2.30. The van der Waals surface area contributed by atoms with Crippen molar-refractivity contribution in [3.05, 3.63) is 0 Å². The number of ether oxygens (including phenoxy) is 2. The Kier molecular flexibility index (Phi) is 6.01. The maximum absolute atomic E-state index is 11.7. The first-order valence-corrected chi connectivity index (χ1v) is 6.06. The molecule has 96 valence electrons. The minimum atomic E-state index is -0.379. The van der Waals surface area contributed by atoms with Crippen LogP contribution in [-0.2, 0) is 14.3 Å². The summed E-state index contributed by atoms with van der Waals surface area (Å²) >= 11 is 0. The topological polar surface area (TPSA) is 35.5 Å². The molecule has 16 heavy (non-hydrogen) atoms. The highest BCUT2D eigenvalue weighted by molar-refractivity contribution is 5.75. The van der Waals surface area contributed by atoms with E-state index in [0.717, 1.165) is 12.8 Å². The van der Waals surface area contributed by atoms with Crippen molar-refractivity contribution in [2.45, 2.75) is 60.0 Å². The SMILES string of the molecule is CCOC(C)(C)CCOC(=O)C(C)(C)CC. The molecular formula is C13H26O3. The standard InChI is InChI=1S/C13H26O3/c1-7-12(3,4)11(14)15-10-9-13(5,6)16-8-2/h7-10H2,1-6H3. The molecule has 0 N–H and O–H groups in total. The summed E-state index contributed by atoms with van der Waals surface area (Å²) in [6, 6.07) is 0. The third-order valence-electron chi connectivity index (χ3n) is 2.91. The largest absolute Gasteiger partial charge is 0.465 e. The first kappa shape index (κ1) is 15.4. The summed E-state index contributed by atoms with van der Waals surface area (Å²) in [6.07, 6.45) is 1.52. The summed E-state index contributed by atoms with van der Waals surface area (Å²) in [7, 11) is 0. The Morgan fingerprint density at radius 1 is 1.12 bits per heavy atom. The zero-order valence-electron chi connectivity index (χ0n) is 11.6. The van der Waals surface area contributed by atoms with E-state index in [1.54, 1.807) is 0 Å². The van der Waals surface area contributed by atoms with Gasteiger partial charge in [-0.15, -0.1) is 0 Å². The Morgan fingerprint density at radius 3 is 2.12 bits per heavy atom. The molecule has 0 heterocycles. The van der Waals surface area contributed by atoms with Gasteiger partial charge in [0.05, 0.1) is 17.6 Å². The van der Waals surface area contributed by atoms with Gasteiger partial charge in [-0.25, -0.2) is 0 Å². The van der Waals surface area contributed by atoms with Crippen molar-refractivity contribution in [2.75, 3.05) is 13.2 Å². The van der Waals surface area contributed by atoms with Crippen LogP contribution >= 0.6 is 0 Å². The first-order valence-electron chi connectivity index (χ1n) is 6.06. The number of rotatable bonds is 7. The van der Waals surface area contributed by atoms with Gasteiger partial charge in [0.25, 0.3) is 0 Å². The second kappa shape index (κ2) is 6.24. The van der Waals surface area contributed by atoms with Crippen molar-refractivity contribution in [2.24, 2.45) is 5.41 Å². The summed E-state index contributed by atoms with van der Waals surface area (Å²) in [5, 5.41) is 0. The maximum atomic E-state index is 11.7. The number of hydrogen-bond acceptors (Lipinski definition) is 3. The van der Waals surface area contributed by atoms with Gasteiger partial charge in [0, 0.05) is 13.0 Å². The number of hydrogen-bond donors (Lipinski definition) is 0. The van der Waals surface area contributed by atoms with Crippen molar-refractivity contribution >= 4 is 5.97 Å². The summed E-state index contributed by atoms with van der Waals surface area (Å²) in [4.78, 5) is 11.7. The molecule has 0 spiro atoms. The Hall–Kier alpha value is -0.570. The van der Waals surface area contributed by atoms with E-state index < -0.39 is 0 Å². The predicted octanol–water partition coefficient (Wildman–Crippen LogP) is 3.17. The van der Waals surface area contributed by atoms with Crippen molar-refractivity contribution in [1.82, 2.24) is 0 Å². The lowest BCUT2D eigenvalue weighted by molar-refractivity contribution is -0.155. The van der Waals surface area contributed by atoms with Crippen molar-refractivity contribution < 1.29 is 14.3 Å². The molecule has 0 radical (unpaired) electrons. The van der Waals surface area contributed by atoms with Gasteiger partial charge in [-0.3, -0.25) is 4.79 Å². The second-order valence-corrected chi connectivity index (χ2v) is 5.32. The smallest absolute Gasteiger partial charge is 0.311 e. The molecule has 0 aliphatic rings. The third kappa shape index (κ3) is 5.50. The van der Waals surface area contributed by atoms with Crippen LogP contribution in [0.25, 0.3) is 0 Å². The van der Waals surface area contributed by atoms with Crippen LogP contribution in [0.5, 0.6) is 0 Å². The minimum Gasteiger partial charge on any atom is -0.465 e. The van der Waals surface area contributed by atoms with Gasteiger partial charge in [-0.2, -0.15) is 0 Å². The van der Waals surface area contributed by atoms with Crippen LogP contribution in [0, 0.1) is 5.41 Å². The normalized spacial score (nSPS) is 12.6. The molecule has 0 saturated carbocycles. The highest BCUT2D eigenvalue weighted by Crippen LogP contribution is 2.22. The molecule has 0 aliphatic heterocycles. The quantitative estimate of drug-likeness (QED) is 0.630. The van der Waals surface area contributed by atoms with E-state index in [1.165, 1.54) is 0 Å². The zero-order chi connectivity index (χ0) is 12.8. The molecule has 0 rings (SSSR count). The highest BCUT2D eigenvalue weighted by atomic mass is 16.5. The molecule has 0 aromatic carbocycles. The Morgan fingerprint density at radius 2 is 1.69 bits per heavy atom. The monoisotopic (exact) mass is 230 g/mol. The van der Waals surface area contributed by atoms with Gasteiger partial charge in [-0.1, -0.05) is 6.92 Å². The van der Waals surface area contributed by atoms with Crippen LogP contribution in [0.4, 0.5) is 0 Å². The highest BCUT2D eigenvalue weighted by Gasteiger charge is 2.27. The van der Waals surface area contributed by atoms with Crippen LogP contribution in [0.3, 0.4) is 0 Å². The molecule has 0 amide bonds. The predicted molar refractivity (Wildman–Crippen MR) is 65.4 cm³/mol. The Balaban J connectivity index is 3.95. The van der Waals surface area contributed by atoms with E-state index >= 15 is 0 Å². The van der Waals surface area contributed by atoms with E-state index in [-0.39, 0.29) is 17.0 Å². The molecule has 0 bridgehead atoms. The van der Waals surface area contributed by atoms with E-state index in [0.29, 0.717) is 13.2 Å². The summed E-state index contributed by atoms with van der Waals surface area (Å²) in [5.74, 6) is -0.123. The summed E-state index contributed by atoms with van der Waals surface area (Å²) in [6.45, 7) is 12.9. The Labute approximate surface area is 99.5 Å². The van der Waals surface area contributed by atoms with Crippen LogP contribution < -0.4 is 0 Å². The van der Waals surface area contributed by atoms with Crippen LogP contribution in [0.2, 0.25) is 0 Å². The third-order valence-corrected chi connectivity index (χ3v) is 2.91. The second-order valence-electron chi connectivity index (χ2n) is 5.32. The van der Waals surface area contributed by atoms with Crippen molar-refractivity contribution in [3.8, 4) is 0 Å². The molecule has 0 atom stereocenters. The Bertz CT molecular complexity index is 219. The number of carbonyl (C=O) groups excluding carboxylic acids is 1. The average Bonchev–Trinajstić information content (AvgIpc) is 2.17. The van der Waals surface area contributed by atoms with Gasteiger partial charge in [-0.05, 0) is 41.0 Å². The summed E-state index contributed by atoms with van der Waals surface area (Å²) < 4.78 is 10.8. The molecule has 0 aromatic rings. The van der Waals surface area contributed by atoms with Gasteiger partial charge in [0.15, 0.2) is 0 Å². The van der Waals surface area contributed by atoms with E-state index in [4.69, 9.17) is 9.47 Å². The fraction of sp³-hybridized carbons (Fsp3) is 0.923. The summed E-state index contributed by atoms with van der Waals surface area (Å²) in [5.41, 5.74) is -0.596. The number of carbonyl (C=O) groups is 1. The lowest BCUT2D eigenvalue weighted by Gasteiger charge is -2.26. The molecule has 0 fully saturated rings. The van der Waals surface area contributed by atoms with Crippen molar-refractivity contribution in [3.63, 3.8) is 0 Å². The molecule has 0 aromatic heterocycles. The lowest BCUT2D eigenvalue weighted by atomic mass is 9.91. The van der Waals surface area contributed by atoms with Crippen molar-refractivity contribution in [1.29, 1.82) is 0 Å². The first-order chi connectivity index (χ1) is 7.25. The van der Waals surface area contributed by atoms with Gasteiger partial charge < -0.3 is 9.47 Å². The van der Waals surface area contributed by atoms with E-state index in [9.17, 15) is 4.79 Å². The van der Waals surface area contributed by atoms with Crippen LogP contribution in [0.15, 0.2) is 0 Å². The molecule has 0 aliphatic carbocycles.